The number of hydrogen-bond acceptors (Lipinski definition) is 4. The molecule has 2 aromatic rings. The Morgan fingerprint density at radius 1 is 1.53 bits per heavy atom. The van der Waals surface area contributed by atoms with E-state index in [1.165, 1.54) is 0 Å². The predicted molar refractivity (Wildman–Crippen MR) is 57.0 cm³/mol. The monoisotopic (exact) mass is 206 g/mol. The van der Waals surface area contributed by atoms with E-state index in [-0.39, 0.29) is 6.01 Å². The number of nitrogens with two attached hydrogens (primary N) is 1. The summed E-state index contributed by atoms with van der Waals surface area (Å²) in [6.45, 7) is 5.13. The van der Waals surface area contributed by atoms with Crippen molar-refractivity contribution in [2.45, 2.75) is 20.4 Å². The first kappa shape index (κ1) is 9.76. The number of nitrogens with zero attached hydrogens (tertiary/aromatic N) is 3. The predicted octanol–water partition coefficient (Wildman–Crippen LogP) is 1.78. The highest BCUT2D eigenvalue weighted by molar-refractivity contribution is 5.51. The molecule has 0 saturated carbocycles. The normalized spacial score (nSPS) is 11.1. The average molecular weight is 206 g/mol. The molecule has 0 atom stereocenters. The fraction of sp³-hybridized carbons (Fsp3) is 0.400. The van der Waals surface area contributed by atoms with Crippen molar-refractivity contribution in [3.8, 4) is 11.5 Å². The molecule has 2 aromatic heterocycles. The van der Waals surface area contributed by atoms with Crippen molar-refractivity contribution in [2.75, 3.05) is 5.73 Å². The van der Waals surface area contributed by atoms with Crippen molar-refractivity contribution in [1.29, 1.82) is 0 Å². The number of hydrogen-bond donors (Lipinski definition) is 1. The number of anilines is 1. The maximum absolute atomic E-state index is 5.43. The topological polar surface area (TPSA) is 69.9 Å². The van der Waals surface area contributed by atoms with Gasteiger partial charge in [0.05, 0.1) is 6.20 Å². The molecule has 0 bridgehead atoms. The Hall–Kier alpha value is -1.78. The SMILES string of the molecule is CC(C)Cn1nccc1-c1cnc(N)o1. The van der Waals surface area contributed by atoms with Gasteiger partial charge >= 0.3 is 0 Å². The van der Waals surface area contributed by atoms with Gasteiger partial charge in [-0.3, -0.25) is 4.68 Å². The van der Waals surface area contributed by atoms with Crippen LogP contribution in [0.3, 0.4) is 0 Å². The highest BCUT2D eigenvalue weighted by Gasteiger charge is 2.10. The molecular weight excluding hydrogens is 192 g/mol. The minimum absolute atomic E-state index is 0.183. The molecule has 0 amide bonds. The van der Waals surface area contributed by atoms with Gasteiger partial charge in [0.1, 0.15) is 5.69 Å². The lowest BCUT2D eigenvalue weighted by Gasteiger charge is -2.07. The van der Waals surface area contributed by atoms with Crippen LogP contribution in [0.1, 0.15) is 13.8 Å². The van der Waals surface area contributed by atoms with Crippen molar-refractivity contribution in [2.24, 2.45) is 5.92 Å². The van der Waals surface area contributed by atoms with Gasteiger partial charge in [-0.25, -0.2) is 4.98 Å². The van der Waals surface area contributed by atoms with E-state index in [2.05, 4.69) is 23.9 Å². The zero-order valence-electron chi connectivity index (χ0n) is 8.84. The molecule has 5 nitrogen and oxygen atoms in total. The van der Waals surface area contributed by atoms with Crippen LogP contribution in [-0.4, -0.2) is 14.8 Å². The highest BCUT2D eigenvalue weighted by atomic mass is 16.4. The number of oxazole rings is 1. The lowest BCUT2D eigenvalue weighted by atomic mass is 10.2. The molecule has 0 radical (unpaired) electrons. The molecule has 15 heavy (non-hydrogen) atoms. The zero-order chi connectivity index (χ0) is 10.8. The maximum Gasteiger partial charge on any atom is 0.292 e. The van der Waals surface area contributed by atoms with Crippen molar-refractivity contribution in [1.82, 2.24) is 14.8 Å². The Bertz CT molecular complexity index is 444. The standard InChI is InChI=1S/C10H14N4O/c1-7(2)6-14-8(3-4-13-14)9-5-12-10(11)15-9/h3-5,7H,6H2,1-2H3,(H2,11,12). The summed E-state index contributed by atoms with van der Waals surface area (Å²) < 4.78 is 7.15. The molecule has 0 saturated heterocycles. The summed E-state index contributed by atoms with van der Waals surface area (Å²) in [5.41, 5.74) is 6.34. The second kappa shape index (κ2) is 3.76. The van der Waals surface area contributed by atoms with Crippen molar-refractivity contribution < 1.29 is 4.42 Å². The van der Waals surface area contributed by atoms with Gasteiger partial charge in [-0.1, -0.05) is 13.8 Å². The van der Waals surface area contributed by atoms with Crippen LogP contribution in [0.2, 0.25) is 0 Å². The summed E-state index contributed by atoms with van der Waals surface area (Å²) in [6.07, 6.45) is 3.36. The van der Waals surface area contributed by atoms with E-state index in [1.807, 2.05) is 10.7 Å². The van der Waals surface area contributed by atoms with Crippen molar-refractivity contribution in [3.63, 3.8) is 0 Å². The van der Waals surface area contributed by atoms with Crippen molar-refractivity contribution >= 4 is 6.01 Å². The van der Waals surface area contributed by atoms with E-state index >= 15 is 0 Å². The van der Waals surface area contributed by atoms with Crippen LogP contribution < -0.4 is 5.73 Å². The third-order valence-corrected chi connectivity index (χ3v) is 2.03. The van der Waals surface area contributed by atoms with Crippen LogP contribution in [-0.2, 0) is 6.54 Å². The third kappa shape index (κ3) is 2.01. The Morgan fingerprint density at radius 3 is 2.93 bits per heavy atom. The third-order valence-electron chi connectivity index (χ3n) is 2.03. The van der Waals surface area contributed by atoms with E-state index in [4.69, 9.17) is 10.2 Å². The molecule has 2 N–H and O–H groups in total. The Balaban J connectivity index is 2.32. The first-order valence-electron chi connectivity index (χ1n) is 4.90. The molecular formula is C10H14N4O. The number of rotatable bonds is 3. The summed E-state index contributed by atoms with van der Waals surface area (Å²) in [7, 11) is 0. The van der Waals surface area contributed by atoms with E-state index in [1.54, 1.807) is 12.4 Å². The van der Waals surface area contributed by atoms with Gasteiger partial charge in [0.15, 0.2) is 5.76 Å². The van der Waals surface area contributed by atoms with Gasteiger partial charge in [0, 0.05) is 12.7 Å². The lowest BCUT2D eigenvalue weighted by Crippen LogP contribution is -2.07. The zero-order valence-corrected chi connectivity index (χ0v) is 8.84. The van der Waals surface area contributed by atoms with Gasteiger partial charge < -0.3 is 10.2 Å². The Kier molecular flexibility index (Phi) is 2.45. The van der Waals surface area contributed by atoms with Crippen LogP contribution in [0.15, 0.2) is 22.9 Å². The molecule has 0 spiro atoms. The van der Waals surface area contributed by atoms with E-state index in [0.717, 1.165) is 12.2 Å². The summed E-state index contributed by atoms with van der Waals surface area (Å²) in [5, 5.41) is 4.23. The molecule has 80 valence electrons. The van der Waals surface area contributed by atoms with Crippen LogP contribution >= 0.6 is 0 Å². The Labute approximate surface area is 87.9 Å². The van der Waals surface area contributed by atoms with E-state index in [9.17, 15) is 0 Å². The minimum Gasteiger partial charge on any atom is -0.422 e. The van der Waals surface area contributed by atoms with Crippen LogP contribution in [0.4, 0.5) is 6.01 Å². The van der Waals surface area contributed by atoms with Crippen LogP contribution in [0, 0.1) is 5.92 Å². The quantitative estimate of drug-likeness (QED) is 0.830. The fourth-order valence-electron chi connectivity index (χ4n) is 1.44. The van der Waals surface area contributed by atoms with Crippen molar-refractivity contribution in [3.05, 3.63) is 18.5 Å². The largest absolute Gasteiger partial charge is 0.422 e. The smallest absolute Gasteiger partial charge is 0.292 e. The molecule has 0 unspecified atom stereocenters. The molecule has 2 heterocycles. The van der Waals surface area contributed by atoms with Gasteiger partial charge in [0.2, 0.25) is 0 Å². The van der Waals surface area contributed by atoms with Crippen LogP contribution in [0.25, 0.3) is 11.5 Å². The molecule has 0 aromatic carbocycles. The van der Waals surface area contributed by atoms with Gasteiger partial charge in [-0.15, -0.1) is 0 Å². The summed E-state index contributed by atoms with van der Waals surface area (Å²) in [5.74, 6) is 1.19. The highest BCUT2D eigenvalue weighted by Crippen LogP contribution is 2.21. The lowest BCUT2D eigenvalue weighted by molar-refractivity contribution is 0.480. The average Bonchev–Trinajstić information content (AvgIpc) is 2.72. The Morgan fingerprint density at radius 2 is 2.33 bits per heavy atom. The molecule has 2 rings (SSSR count). The number of aromatic nitrogens is 3. The van der Waals surface area contributed by atoms with Crippen LogP contribution in [0.5, 0.6) is 0 Å². The first-order valence-corrected chi connectivity index (χ1v) is 4.90. The van der Waals surface area contributed by atoms with Gasteiger partial charge in [-0.2, -0.15) is 5.10 Å². The van der Waals surface area contributed by atoms with E-state index < -0.39 is 0 Å². The first-order chi connectivity index (χ1) is 7.16. The fourth-order valence-corrected chi connectivity index (χ4v) is 1.44. The molecule has 0 aliphatic heterocycles. The van der Waals surface area contributed by atoms with E-state index in [0.29, 0.717) is 11.7 Å². The minimum atomic E-state index is 0.183. The van der Waals surface area contributed by atoms with Gasteiger partial charge in [0.25, 0.3) is 6.01 Å². The molecule has 0 aliphatic rings. The second-order valence-corrected chi connectivity index (χ2v) is 3.86. The molecule has 0 fully saturated rings. The second-order valence-electron chi connectivity index (χ2n) is 3.86. The van der Waals surface area contributed by atoms with Gasteiger partial charge in [-0.05, 0) is 12.0 Å². The number of nitrogen functional groups attached to an aromatic ring is 1. The summed E-state index contributed by atoms with van der Waals surface area (Å²) in [6, 6.07) is 2.07. The maximum atomic E-state index is 5.43. The molecule has 0 aliphatic carbocycles. The molecule has 5 heteroatoms. The summed E-state index contributed by atoms with van der Waals surface area (Å²) >= 11 is 0. The summed E-state index contributed by atoms with van der Waals surface area (Å²) in [4.78, 5) is 3.86.